The molecule has 2 aromatic rings. The first kappa shape index (κ1) is 17.2. The molecule has 23 heavy (non-hydrogen) atoms. The summed E-state index contributed by atoms with van der Waals surface area (Å²) in [6.45, 7) is 3.18. The lowest BCUT2D eigenvalue weighted by atomic mass is 10.1. The van der Waals surface area contributed by atoms with Crippen molar-refractivity contribution >= 4 is 22.4 Å². The van der Waals surface area contributed by atoms with Crippen molar-refractivity contribution < 1.29 is 19.0 Å². The van der Waals surface area contributed by atoms with E-state index in [1.165, 1.54) is 25.6 Å². The van der Waals surface area contributed by atoms with E-state index in [1.54, 1.807) is 18.2 Å². The summed E-state index contributed by atoms with van der Waals surface area (Å²) in [5.74, 6) is 0.512. The fourth-order valence-corrected chi connectivity index (χ4v) is 2.66. The average Bonchev–Trinajstić information content (AvgIpc) is 3.01. The van der Waals surface area contributed by atoms with E-state index in [2.05, 4.69) is 15.5 Å². The number of carbonyl (C=O) groups excluding carboxylic acids is 1. The maximum atomic E-state index is 12.5. The fraction of sp³-hybridized carbons (Fsp3) is 0.400. The number of anilines is 1. The minimum atomic E-state index is -0.355. The Labute approximate surface area is 138 Å². The van der Waals surface area contributed by atoms with Crippen molar-refractivity contribution in [3.8, 4) is 11.5 Å². The second-order valence-electron chi connectivity index (χ2n) is 4.44. The van der Waals surface area contributed by atoms with Crippen LogP contribution in [-0.4, -0.2) is 43.5 Å². The van der Waals surface area contributed by atoms with Crippen LogP contribution in [0.1, 0.15) is 22.3 Å². The molecule has 124 valence electrons. The van der Waals surface area contributed by atoms with E-state index in [9.17, 15) is 4.79 Å². The lowest BCUT2D eigenvalue weighted by Gasteiger charge is -2.11. The van der Waals surface area contributed by atoms with Gasteiger partial charge in [-0.25, -0.2) is 0 Å². The molecule has 8 heteroatoms. The van der Waals surface area contributed by atoms with Crippen LogP contribution >= 0.6 is 11.3 Å². The monoisotopic (exact) mass is 337 g/mol. The van der Waals surface area contributed by atoms with Crippen LogP contribution in [0.25, 0.3) is 0 Å². The number of nitrogens with one attached hydrogen (secondary N) is 1. The number of carbonyl (C=O) groups is 1. The fourth-order valence-electron chi connectivity index (χ4n) is 1.94. The molecule has 1 aromatic carbocycles. The lowest BCUT2D eigenvalue weighted by molar-refractivity contribution is 0.102. The smallest absolute Gasteiger partial charge is 0.265 e. The Bertz CT molecular complexity index is 638. The molecule has 0 atom stereocenters. The maximum absolute atomic E-state index is 12.5. The number of ether oxygens (including phenoxy) is 3. The van der Waals surface area contributed by atoms with Gasteiger partial charge in [0.2, 0.25) is 5.13 Å². The highest BCUT2D eigenvalue weighted by atomic mass is 32.1. The lowest BCUT2D eigenvalue weighted by Crippen LogP contribution is -2.14. The van der Waals surface area contributed by atoms with Crippen molar-refractivity contribution in [1.82, 2.24) is 10.2 Å². The number of benzene rings is 1. The Morgan fingerprint density at radius 3 is 2.52 bits per heavy atom. The highest BCUT2D eigenvalue weighted by Gasteiger charge is 2.19. The Kier molecular flexibility index (Phi) is 6.30. The summed E-state index contributed by atoms with van der Waals surface area (Å²) < 4.78 is 15.7. The second kappa shape index (κ2) is 8.44. The van der Waals surface area contributed by atoms with Crippen LogP contribution in [0.2, 0.25) is 0 Å². The van der Waals surface area contributed by atoms with E-state index in [4.69, 9.17) is 14.2 Å². The summed E-state index contributed by atoms with van der Waals surface area (Å²) in [6, 6.07) is 5.15. The third-order valence-corrected chi connectivity index (χ3v) is 3.91. The summed E-state index contributed by atoms with van der Waals surface area (Å²) in [6.07, 6.45) is 0.666. The number of rotatable bonds is 8. The maximum Gasteiger partial charge on any atom is 0.265 e. The molecule has 2 rings (SSSR count). The molecule has 0 saturated carbocycles. The first-order chi connectivity index (χ1) is 11.2. The Morgan fingerprint density at radius 1 is 1.22 bits per heavy atom. The van der Waals surface area contributed by atoms with Crippen molar-refractivity contribution in [3.63, 3.8) is 0 Å². The average molecular weight is 337 g/mol. The number of nitrogens with zero attached hydrogens (tertiary/aromatic N) is 2. The van der Waals surface area contributed by atoms with Crippen LogP contribution in [0, 0.1) is 0 Å². The quantitative estimate of drug-likeness (QED) is 0.745. The second-order valence-corrected chi connectivity index (χ2v) is 5.50. The third kappa shape index (κ3) is 4.40. The van der Waals surface area contributed by atoms with Gasteiger partial charge in [0, 0.05) is 13.0 Å². The molecule has 7 nitrogen and oxygen atoms in total. The summed E-state index contributed by atoms with van der Waals surface area (Å²) in [5, 5.41) is 12.0. The Hall–Kier alpha value is -2.19. The standard InChI is InChI=1S/C15H19N3O4S/c1-4-22-9-8-12-17-18-15(23-12)16-14(19)13-10(20-2)6-5-7-11(13)21-3/h5-7H,4,8-9H2,1-3H3,(H,16,18,19). The molecule has 0 bridgehead atoms. The molecule has 0 aliphatic carbocycles. The van der Waals surface area contributed by atoms with Gasteiger partial charge in [0.15, 0.2) is 0 Å². The molecule has 1 N–H and O–H groups in total. The van der Waals surface area contributed by atoms with Gasteiger partial charge in [0.1, 0.15) is 22.1 Å². The zero-order chi connectivity index (χ0) is 16.7. The van der Waals surface area contributed by atoms with Crippen molar-refractivity contribution in [3.05, 3.63) is 28.8 Å². The van der Waals surface area contributed by atoms with Crippen LogP contribution in [-0.2, 0) is 11.2 Å². The largest absolute Gasteiger partial charge is 0.496 e. The first-order valence-electron chi connectivity index (χ1n) is 7.12. The molecular formula is C15H19N3O4S. The third-order valence-electron chi connectivity index (χ3n) is 3.01. The molecule has 1 heterocycles. The van der Waals surface area contributed by atoms with Gasteiger partial charge < -0.3 is 14.2 Å². The summed E-state index contributed by atoms with van der Waals surface area (Å²) >= 11 is 1.32. The van der Waals surface area contributed by atoms with Crippen LogP contribution in [0.5, 0.6) is 11.5 Å². The van der Waals surface area contributed by atoms with Crippen molar-refractivity contribution in [2.75, 3.05) is 32.8 Å². The van der Waals surface area contributed by atoms with E-state index in [0.717, 1.165) is 5.01 Å². The minimum Gasteiger partial charge on any atom is -0.496 e. The van der Waals surface area contributed by atoms with Gasteiger partial charge in [0.05, 0.1) is 20.8 Å². The Morgan fingerprint density at radius 2 is 1.91 bits per heavy atom. The van der Waals surface area contributed by atoms with Gasteiger partial charge in [-0.3, -0.25) is 10.1 Å². The topological polar surface area (TPSA) is 82.6 Å². The molecule has 1 aromatic heterocycles. The van der Waals surface area contributed by atoms with E-state index >= 15 is 0 Å². The summed E-state index contributed by atoms with van der Waals surface area (Å²) in [7, 11) is 3.00. The molecule has 0 spiro atoms. The van der Waals surface area contributed by atoms with Crippen molar-refractivity contribution in [2.45, 2.75) is 13.3 Å². The van der Waals surface area contributed by atoms with Crippen molar-refractivity contribution in [1.29, 1.82) is 0 Å². The highest BCUT2D eigenvalue weighted by Crippen LogP contribution is 2.29. The normalized spacial score (nSPS) is 10.4. The predicted octanol–water partition coefficient (Wildman–Crippen LogP) is 2.39. The van der Waals surface area contributed by atoms with Gasteiger partial charge in [-0.05, 0) is 19.1 Å². The molecule has 0 fully saturated rings. The van der Waals surface area contributed by atoms with Crippen LogP contribution in [0.15, 0.2) is 18.2 Å². The number of aromatic nitrogens is 2. The SMILES string of the molecule is CCOCCc1nnc(NC(=O)c2c(OC)cccc2OC)s1. The summed E-state index contributed by atoms with van der Waals surface area (Å²) in [5.41, 5.74) is 0.323. The van der Waals surface area contributed by atoms with Gasteiger partial charge in [0.25, 0.3) is 5.91 Å². The zero-order valence-corrected chi connectivity index (χ0v) is 14.1. The minimum absolute atomic E-state index is 0.323. The highest BCUT2D eigenvalue weighted by molar-refractivity contribution is 7.15. The molecular weight excluding hydrogens is 318 g/mol. The number of amides is 1. The van der Waals surface area contributed by atoms with Crippen molar-refractivity contribution in [2.24, 2.45) is 0 Å². The van der Waals surface area contributed by atoms with E-state index in [0.29, 0.717) is 41.8 Å². The van der Waals surface area contributed by atoms with Gasteiger partial charge in [-0.15, -0.1) is 10.2 Å². The summed E-state index contributed by atoms with van der Waals surface area (Å²) in [4.78, 5) is 12.5. The van der Waals surface area contributed by atoms with Crippen LogP contribution in [0.4, 0.5) is 5.13 Å². The molecule has 0 aliphatic heterocycles. The molecule has 1 amide bonds. The van der Waals surface area contributed by atoms with E-state index in [-0.39, 0.29) is 5.91 Å². The first-order valence-corrected chi connectivity index (χ1v) is 7.93. The number of hydrogen-bond acceptors (Lipinski definition) is 7. The number of methoxy groups -OCH3 is 2. The van der Waals surface area contributed by atoms with Gasteiger partial charge in [-0.1, -0.05) is 17.4 Å². The predicted molar refractivity (Wildman–Crippen MR) is 87.6 cm³/mol. The molecule has 0 aliphatic rings. The molecule has 0 unspecified atom stereocenters. The molecule has 0 saturated heterocycles. The van der Waals surface area contributed by atoms with Crippen LogP contribution in [0.3, 0.4) is 0 Å². The Balaban J connectivity index is 2.10. The zero-order valence-electron chi connectivity index (χ0n) is 13.3. The number of hydrogen-bond donors (Lipinski definition) is 1. The van der Waals surface area contributed by atoms with E-state index in [1.807, 2.05) is 6.92 Å². The molecule has 0 radical (unpaired) electrons. The van der Waals surface area contributed by atoms with Gasteiger partial charge >= 0.3 is 0 Å². The van der Waals surface area contributed by atoms with Gasteiger partial charge in [-0.2, -0.15) is 0 Å². The van der Waals surface area contributed by atoms with E-state index < -0.39 is 0 Å². The van der Waals surface area contributed by atoms with Crippen LogP contribution < -0.4 is 14.8 Å².